The molecule has 2 aliphatic rings. The van der Waals surface area contributed by atoms with Crippen molar-refractivity contribution >= 4 is 5.91 Å². The van der Waals surface area contributed by atoms with Crippen molar-refractivity contribution in [2.45, 2.75) is 64.1 Å². The number of hydrogen-bond donors (Lipinski definition) is 1. The van der Waals surface area contributed by atoms with Crippen LogP contribution in [0.5, 0.6) is 0 Å². The zero-order valence-corrected chi connectivity index (χ0v) is 13.1. The molecule has 0 aromatic rings. The van der Waals surface area contributed by atoms with Crippen LogP contribution in [-0.2, 0) is 9.53 Å². The molecule has 0 spiro atoms. The normalized spacial score (nSPS) is 26.2. The van der Waals surface area contributed by atoms with Gasteiger partial charge in [0.15, 0.2) is 0 Å². The van der Waals surface area contributed by atoms with Gasteiger partial charge < -0.3 is 15.4 Å². The number of nitrogens with two attached hydrogens (primary N) is 1. The zero-order valence-electron chi connectivity index (χ0n) is 13.1. The molecule has 2 aliphatic heterocycles. The van der Waals surface area contributed by atoms with E-state index in [4.69, 9.17) is 10.5 Å². The van der Waals surface area contributed by atoms with Crippen LogP contribution in [0.1, 0.15) is 46.5 Å². The Morgan fingerprint density at radius 2 is 1.85 bits per heavy atom. The third kappa shape index (κ3) is 4.17. The molecule has 20 heavy (non-hydrogen) atoms. The Bertz CT molecular complexity index is 333. The van der Waals surface area contributed by atoms with Crippen LogP contribution in [0.4, 0.5) is 0 Å². The average molecular weight is 283 g/mol. The molecule has 0 aliphatic carbocycles. The molecule has 1 unspecified atom stereocenters. The van der Waals surface area contributed by atoms with Crippen LogP contribution in [0.15, 0.2) is 0 Å². The lowest BCUT2D eigenvalue weighted by atomic mass is 10.0. The lowest BCUT2D eigenvalue weighted by Crippen LogP contribution is -2.50. The summed E-state index contributed by atoms with van der Waals surface area (Å²) in [5, 5.41) is 0. The van der Waals surface area contributed by atoms with Gasteiger partial charge in [0.1, 0.15) is 6.73 Å². The fourth-order valence-corrected chi connectivity index (χ4v) is 2.87. The maximum absolute atomic E-state index is 12.6. The minimum Gasteiger partial charge on any atom is -0.360 e. The van der Waals surface area contributed by atoms with Crippen molar-refractivity contribution in [3.63, 3.8) is 0 Å². The topological polar surface area (TPSA) is 58.8 Å². The smallest absolute Gasteiger partial charge is 0.239 e. The van der Waals surface area contributed by atoms with Gasteiger partial charge >= 0.3 is 0 Å². The third-order valence-electron chi connectivity index (χ3n) is 4.16. The number of nitrogens with zero attached hydrogens (tertiary/aromatic N) is 2. The number of amides is 1. The van der Waals surface area contributed by atoms with Gasteiger partial charge in [-0.05, 0) is 46.5 Å². The minimum absolute atomic E-state index is 0.00618. The lowest BCUT2D eigenvalue weighted by Gasteiger charge is -2.35. The summed E-state index contributed by atoms with van der Waals surface area (Å²) in [5.74, 6) is 0.270. The summed E-state index contributed by atoms with van der Waals surface area (Å²) in [4.78, 5) is 16.8. The van der Waals surface area contributed by atoms with Crippen molar-refractivity contribution in [1.82, 2.24) is 9.80 Å². The van der Waals surface area contributed by atoms with Gasteiger partial charge in [-0.25, -0.2) is 0 Å². The van der Waals surface area contributed by atoms with Crippen molar-refractivity contribution in [3.8, 4) is 0 Å². The maximum atomic E-state index is 12.6. The van der Waals surface area contributed by atoms with Crippen molar-refractivity contribution in [1.29, 1.82) is 0 Å². The molecule has 2 heterocycles. The molecule has 5 heteroatoms. The van der Waals surface area contributed by atoms with E-state index in [1.807, 2.05) is 25.7 Å². The highest BCUT2D eigenvalue weighted by Gasteiger charge is 2.35. The first-order valence-electron chi connectivity index (χ1n) is 7.79. The van der Waals surface area contributed by atoms with E-state index in [1.165, 1.54) is 0 Å². The number of hydrogen-bond acceptors (Lipinski definition) is 4. The second kappa shape index (κ2) is 6.41. The van der Waals surface area contributed by atoms with Crippen molar-refractivity contribution in [2.24, 2.45) is 5.73 Å². The van der Waals surface area contributed by atoms with E-state index in [0.717, 1.165) is 45.3 Å². The summed E-state index contributed by atoms with van der Waals surface area (Å²) in [7, 11) is 0. The first-order chi connectivity index (χ1) is 9.37. The van der Waals surface area contributed by atoms with E-state index in [2.05, 4.69) is 4.90 Å². The Morgan fingerprint density at radius 3 is 2.45 bits per heavy atom. The van der Waals surface area contributed by atoms with Crippen molar-refractivity contribution < 1.29 is 9.53 Å². The van der Waals surface area contributed by atoms with E-state index in [1.54, 1.807) is 0 Å². The number of piperidine rings is 1. The van der Waals surface area contributed by atoms with Gasteiger partial charge in [0.25, 0.3) is 0 Å². The van der Waals surface area contributed by atoms with Gasteiger partial charge in [0.05, 0.1) is 11.6 Å². The predicted octanol–water partition coefficient (Wildman–Crippen LogP) is 1.17. The van der Waals surface area contributed by atoms with Gasteiger partial charge in [0, 0.05) is 25.7 Å². The van der Waals surface area contributed by atoms with Crippen LogP contribution < -0.4 is 5.73 Å². The molecule has 0 aromatic carbocycles. The molecule has 2 fully saturated rings. The Hall–Kier alpha value is -0.650. The largest absolute Gasteiger partial charge is 0.360 e. The number of carbonyl (C=O) groups excluding carboxylic acids is 1. The van der Waals surface area contributed by atoms with Gasteiger partial charge in [0.2, 0.25) is 5.91 Å². The van der Waals surface area contributed by atoms with Crippen LogP contribution in [0.3, 0.4) is 0 Å². The second-order valence-corrected chi connectivity index (χ2v) is 7.02. The van der Waals surface area contributed by atoms with Gasteiger partial charge in [-0.3, -0.25) is 9.69 Å². The molecule has 5 nitrogen and oxygen atoms in total. The molecule has 2 rings (SSSR count). The van der Waals surface area contributed by atoms with E-state index in [9.17, 15) is 4.79 Å². The molecule has 116 valence electrons. The highest BCUT2D eigenvalue weighted by molar-refractivity contribution is 5.82. The Labute approximate surface area is 122 Å². The van der Waals surface area contributed by atoms with Gasteiger partial charge in [-0.15, -0.1) is 0 Å². The van der Waals surface area contributed by atoms with Crippen molar-refractivity contribution in [2.75, 3.05) is 26.4 Å². The summed E-state index contributed by atoms with van der Waals surface area (Å²) >= 11 is 0. The molecule has 0 aromatic heterocycles. The molecule has 0 bridgehead atoms. The second-order valence-electron chi connectivity index (χ2n) is 7.02. The number of rotatable bonds is 3. The summed E-state index contributed by atoms with van der Waals surface area (Å²) < 4.78 is 5.83. The van der Waals surface area contributed by atoms with E-state index >= 15 is 0 Å². The zero-order chi connectivity index (χ0) is 14.8. The Balaban J connectivity index is 1.88. The van der Waals surface area contributed by atoms with Crippen molar-refractivity contribution in [3.05, 3.63) is 0 Å². The predicted molar refractivity (Wildman–Crippen MR) is 79.2 cm³/mol. The molecule has 1 amide bonds. The maximum Gasteiger partial charge on any atom is 0.239 e. The Kier molecular flexibility index (Phi) is 5.04. The highest BCUT2D eigenvalue weighted by Crippen LogP contribution is 2.22. The standard InChI is InChI=1S/C15H29N3O2/c1-15(2,3)20-11-18-8-4-5-13(18)14(19)17-9-6-12(16)7-10-17/h12-13H,4-11,16H2,1-3H3. The first-order valence-corrected chi connectivity index (χ1v) is 7.79. The monoisotopic (exact) mass is 283 g/mol. The van der Waals surface area contributed by atoms with Gasteiger partial charge in [-0.1, -0.05) is 0 Å². The summed E-state index contributed by atoms with van der Waals surface area (Å²) in [5.41, 5.74) is 5.75. The average Bonchev–Trinajstić information content (AvgIpc) is 2.84. The van der Waals surface area contributed by atoms with E-state index < -0.39 is 0 Å². The van der Waals surface area contributed by atoms with E-state index in [0.29, 0.717) is 6.73 Å². The molecular weight excluding hydrogens is 254 g/mol. The fraction of sp³-hybridized carbons (Fsp3) is 0.933. The Morgan fingerprint density at radius 1 is 1.20 bits per heavy atom. The highest BCUT2D eigenvalue weighted by atomic mass is 16.5. The lowest BCUT2D eigenvalue weighted by molar-refractivity contribution is -0.141. The number of likely N-dealkylation sites (tertiary alicyclic amines) is 2. The van der Waals surface area contributed by atoms with Crippen LogP contribution in [-0.4, -0.2) is 59.8 Å². The molecule has 0 radical (unpaired) electrons. The van der Waals surface area contributed by atoms with E-state index in [-0.39, 0.29) is 23.6 Å². The van der Waals surface area contributed by atoms with Crippen LogP contribution >= 0.6 is 0 Å². The summed E-state index contributed by atoms with van der Waals surface area (Å²) in [6.45, 7) is 9.27. The molecule has 2 saturated heterocycles. The van der Waals surface area contributed by atoms with Crippen LogP contribution in [0.25, 0.3) is 0 Å². The quantitative estimate of drug-likeness (QED) is 0.845. The molecular formula is C15H29N3O2. The number of ether oxygens (including phenoxy) is 1. The number of carbonyl (C=O) groups is 1. The summed E-state index contributed by atoms with van der Waals surface area (Å²) in [6, 6.07) is 0.273. The third-order valence-corrected chi connectivity index (χ3v) is 4.16. The van der Waals surface area contributed by atoms with Crippen LogP contribution in [0.2, 0.25) is 0 Å². The SMILES string of the molecule is CC(C)(C)OCN1CCCC1C(=O)N1CCC(N)CC1. The molecule has 0 saturated carbocycles. The van der Waals surface area contributed by atoms with Gasteiger partial charge in [-0.2, -0.15) is 0 Å². The fourth-order valence-electron chi connectivity index (χ4n) is 2.87. The molecule has 2 N–H and O–H groups in total. The summed E-state index contributed by atoms with van der Waals surface area (Å²) in [6.07, 6.45) is 3.89. The molecule has 1 atom stereocenters. The first kappa shape index (κ1) is 15.7. The van der Waals surface area contributed by atoms with Crippen LogP contribution in [0, 0.1) is 0 Å². The minimum atomic E-state index is -0.159.